The first-order chi connectivity index (χ1) is 9.33. The number of piperidine rings is 1. The molecular weight excluding hydrogens is 232 g/mol. The van der Waals surface area contributed by atoms with Crippen molar-refractivity contribution in [3.05, 3.63) is 29.8 Å². The third kappa shape index (κ3) is 3.11. The number of fused-ring (bicyclic) bond motifs is 1. The minimum atomic E-state index is 0.949. The Morgan fingerprint density at radius 1 is 1.11 bits per heavy atom. The van der Waals surface area contributed by atoms with Crippen LogP contribution >= 0.6 is 0 Å². The van der Waals surface area contributed by atoms with Crippen molar-refractivity contribution < 1.29 is 0 Å². The first kappa shape index (κ1) is 13.0. The van der Waals surface area contributed by atoms with Gasteiger partial charge < -0.3 is 9.80 Å². The molecule has 2 nitrogen and oxygen atoms in total. The Balaban J connectivity index is 1.56. The van der Waals surface area contributed by atoms with E-state index in [0.717, 1.165) is 5.92 Å². The van der Waals surface area contributed by atoms with Gasteiger partial charge in [-0.05, 0) is 69.8 Å². The molecule has 104 valence electrons. The summed E-state index contributed by atoms with van der Waals surface area (Å²) in [6.07, 6.45) is 6.76. The van der Waals surface area contributed by atoms with E-state index in [9.17, 15) is 0 Å². The molecular formula is C17H26N2. The molecule has 0 saturated carbocycles. The summed E-state index contributed by atoms with van der Waals surface area (Å²) in [5.74, 6) is 0.949. The lowest BCUT2D eigenvalue weighted by Gasteiger charge is -2.34. The van der Waals surface area contributed by atoms with Gasteiger partial charge >= 0.3 is 0 Å². The number of hydrogen-bond acceptors (Lipinski definition) is 2. The largest absolute Gasteiger partial charge is 0.371 e. The Bertz CT molecular complexity index is 407. The molecule has 0 aromatic heterocycles. The molecule has 2 heteroatoms. The maximum Gasteiger partial charge on any atom is 0.0398 e. The van der Waals surface area contributed by atoms with Gasteiger partial charge in [0.1, 0.15) is 0 Å². The fourth-order valence-electron chi connectivity index (χ4n) is 3.53. The van der Waals surface area contributed by atoms with Crippen molar-refractivity contribution in [1.82, 2.24) is 4.90 Å². The average Bonchev–Trinajstić information content (AvgIpc) is 2.47. The van der Waals surface area contributed by atoms with E-state index in [1.807, 2.05) is 0 Å². The quantitative estimate of drug-likeness (QED) is 0.821. The van der Waals surface area contributed by atoms with Crippen LogP contribution in [0.4, 0.5) is 5.69 Å². The fourth-order valence-corrected chi connectivity index (χ4v) is 3.53. The molecule has 1 aromatic carbocycles. The van der Waals surface area contributed by atoms with Gasteiger partial charge in [0.05, 0.1) is 0 Å². The van der Waals surface area contributed by atoms with Crippen LogP contribution in [0.3, 0.4) is 0 Å². The van der Waals surface area contributed by atoms with E-state index in [1.54, 1.807) is 5.56 Å². The van der Waals surface area contributed by atoms with Crippen LogP contribution in [0.25, 0.3) is 0 Å². The van der Waals surface area contributed by atoms with Gasteiger partial charge in [-0.25, -0.2) is 0 Å². The molecule has 2 heterocycles. The number of benzene rings is 1. The van der Waals surface area contributed by atoms with Crippen molar-refractivity contribution in [3.8, 4) is 0 Å². The molecule has 0 unspecified atom stereocenters. The summed E-state index contributed by atoms with van der Waals surface area (Å²) >= 11 is 0. The average molecular weight is 258 g/mol. The summed E-state index contributed by atoms with van der Waals surface area (Å²) < 4.78 is 0. The van der Waals surface area contributed by atoms with Gasteiger partial charge in [0, 0.05) is 18.8 Å². The standard InChI is InChI=1S/C17H26N2/c1-18-12-8-15(9-13-18)10-14-19-11-4-6-16-5-2-3-7-17(16)19/h2-3,5,7,15H,4,6,8-14H2,1H3. The highest BCUT2D eigenvalue weighted by Gasteiger charge is 2.20. The van der Waals surface area contributed by atoms with E-state index in [0.29, 0.717) is 0 Å². The molecule has 1 aromatic rings. The lowest BCUT2D eigenvalue weighted by Crippen LogP contribution is -2.34. The van der Waals surface area contributed by atoms with Crippen LogP contribution in [0, 0.1) is 5.92 Å². The van der Waals surface area contributed by atoms with Crippen LogP contribution in [-0.2, 0) is 6.42 Å². The molecule has 0 bridgehead atoms. The van der Waals surface area contributed by atoms with Gasteiger partial charge in [-0.2, -0.15) is 0 Å². The van der Waals surface area contributed by atoms with Crippen LogP contribution < -0.4 is 4.90 Å². The number of hydrogen-bond donors (Lipinski definition) is 0. The van der Waals surface area contributed by atoms with Gasteiger partial charge in [0.25, 0.3) is 0 Å². The maximum absolute atomic E-state index is 2.62. The Morgan fingerprint density at radius 3 is 2.74 bits per heavy atom. The Hall–Kier alpha value is -1.02. The lowest BCUT2D eigenvalue weighted by atomic mass is 9.93. The molecule has 2 aliphatic rings. The van der Waals surface area contributed by atoms with Crippen LogP contribution in [0.5, 0.6) is 0 Å². The van der Waals surface area contributed by atoms with Crippen LogP contribution in [0.1, 0.15) is 31.2 Å². The van der Waals surface area contributed by atoms with Crippen LogP contribution in [-0.4, -0.2) is 38.1 Å². The predicted octanol–water partition coefficient (Wildman–Crippen LogP) is 3.17. The molecule has 0 N–H and O–H groups in total. The molecule has 0 radical (unpaired) electrons. The smallest absolute Gasteiger partial charge is 0.0398 e. The summed E-state index contributed by atoms with van der Waals surface area (Å²) in [6, 6.07) is 8.98. The van der Waals surface area contributed by atoms with Crippen LogP contribution in [0.15, 0.2) is 24.3 Å². The second kappa shape index (κ2) is 5.96. The van der Waals surface area contributed by atoms with Gasteiger partial charge in [-0.15, -0.1) is 0 Å². The topological polar surface area (TPSA) is 6.48 Å². The van der Waals surface area contributed by atoms with Gasteiger partial charge in [-0.1, -0.05) is 18.2 Å². The summed E-state index contributed by atoms with van der Waals surface area (Å²) in [6.45, 7) is 5.09. The number of rotatable bonds is 3. The number of anilines is 1. The van der Waals surface area contributed by atoms with E-state index in [-0.39, 0.29) is 0 Å². The minimum Gasteiger partial charge on any atom is -0.371 e. The third-order valence-corrected chi connectivity index (χ3v) is 4.85. The Morgan fingerprint density at radius 2 is 1.89 bits per heavy atom. The Labute approximate surface area is 117 Å². The zero-order chi connectivity index (χ0) is 13.1. The van der Waals surface area contributed by atoms with Crippen molar-refractivity contribution >= 4 is 5.69 Å². The molecule has 0 aliphatic carbocycles. The molecule has 1 fully saturated rings. The molecule has 19 heavy (non-hydrogen) atoms. The van der Waals surface area contributed by atoms with Crippen molar-refractivity contribution in [1.29, 1.82) is 0 Å². The highest BCUT2D eigenvalue weighted by Crippen LogP contribution is 2.28. The van der Waals surface area contributed by atoms with Crippen molar-refractivity contribution in [3.63, 3.8) is 0 Å². The fraction of sp³-hybridized carbons (Fsp3) is 0.647. The zero-order valence-electron chi connectivity index (χ0n) is 12.1. The normalized spacial score (nSPS) is 21.4. The maximum atomic E-state index is 2.62. The van der Waals surface area contributed by atoms with Crippen molar-refractivity contribution in [2.45, 2.75) is 32.1 Å². The minimum absolute atomic E-state index is 0.949. The van der Waals surface area contributed by atoms with E-state index in [4.69, 9.17) is 0 Å². The molecule has 0 amide bonds. The lowest BCUT2D eigenvalue weighted by molar-refractivity contribution is 0.213. The molecule has 0 spiro atoms. The highest BCUT2D eigenvalue weighted by atomic mass is 15.1. The molecule has 3 rings (SSSR count). The third-order valence-electron chi connectivity index (χ3n) is 4.85. The summed E-state index contributed by atoms with van der Waals surface area (Å²) in [7, 11) is 2.25. The SMILES string of the molecule is CN1CCC(CCN2CCCc3ccccc32)CC1. The van der Waals surface area contributed by atoms with Gasteiger partial charge in [0.2, 0.25) is 0 Å². The molecule has 0 atom stereocenters. The van der Waals surface area contributed by atoms with Crippen LogP contribution in [0.2, 0.25) is 0 Å². The summed E-state index contributed by atoms with van der Waals surface area (Å²) in [5, 5.41) is 0. The first-order valence-corrected chi connectivity index (χ1v) is 7.84. The number of aryl methyl sites for hydroxylation is 1. The number of nitrogens with zero attached hydrogens (tertiary/aromatic N) is 2. The van der Waals surface area contributed by atoms with E-state index >= 15 is 0 Å². The van der Waals surface area contributed by atoms with Gasteiger partial charge in [-0.3, -0.25) is 0 Å². The molecule has 2 aliphatic heterocycles. The van der Waals surface area contributed by atoms with E-state index in [2.05, 4.69) is 41.1 Å². The Kier molecular flexibility index (Phi) is 4.07. The van der Waals surface area contributed by atoms with Crippen molar-refractivity contribution in [2.24, 2.45) is 5.92 Å². The number of para-hydroxylation sites is 1. The summed E-state index contributed by atoms with van der Waals surface area (Å²) in [5.41, 5.74) is 3.05. The number of likely N-dealkylation sites (tertiary alicyclic amines) is 1. The zero-order valence-corrected chi connectivity index (χ0v) is 12.1. The monoisotopic (exact) mass is 258 g/mol. The first-order valence-electron chi connectivity index (χ1n) is 7.84. The van der Waals surface area contributed by atoms with E-state index < -0.39 is 0 Å². The van der Waals surface area contributed by atoms with Gasteiger partial charge in [0.15, 0.2) is 0 Å². The highest BCUT2D eigenvalue weighted by molar-refractivity contribution is 5.55. The van der Waals surface area contributed by atoms with Crippen molar-refractivity contribution in [2.75, 3.05) is 38.1 Å². The second-order valence-electron chi connectivity index (χ2n) is 6.25. The molecule has 1 saturated heterocycles. The predicted molar refractivity (Wildman–Crippen MR) is 81.8 cm³/mol. The second-order valence-corrected chi connectivity index (χ2v) is 6.25. The summed E-state index contributed by atoms with van der Waals surface area (Å²) in [4.78, 5) is 5.09. The van der Waals surface area contributed by atoms with E-state index in [1.165, 1.54) is 64.0 Å².